The number of carboxylic acid groups (broad SMARTS) is 1. The van der Waals surface area contributed by atoms with Crippen molar-refractivity contribution in [3.8, 4) is 11.5 Å². The molecule has 3 aromatic rings. The second kappa shape index (κ2) is 9.32. The normalized spacial score (nSPS) is 24.8. The van der Waals surface area contributed by atoms with Crippen molar-refractivity contribution in [2.45, 2.75) is 24.9 Å². The van der Waals surface area contributed by atoms with Gasteiger partial charge >= 0.3 is 5.97 Å². The zero-order valence-corrected chi connectivity index (χ0v) is 21.7. The van der Waals surface area contributed by atoms with Gasteiger partial charge in [0.25, 0.3) is 0 Å². The SMILES string of the molecule is COc1ccc(Br)cc1C1NC(Cc2ccc(O)cc2)(C(=O)O)C2C(=O)N(c3ccccc3C)C(=O)C12. The lowest BCUT2D eigenvalue weighted by atomic mass is 9.76. The Balaban J connectivity index is 1.70. The predicted molar refractivity (Wildman–Crippen MR) is 139 cm³/mol. The molecule has 9 heteroatoms. The summed E-state index contributed by atoms with van der Waals surface area (Å²) in [7, 11) is 1.50. The average molecular weight is 565 g/mol. The van der Waals surface area contributed by atoms with E-state index in [0.29, 0.717) is 22.6 Å². The Morgan fingerprint density at radius 3 is 2.43 bits per heavy atom. The quantitative estimate of drug-likeness (QED) is 0.387. The maximum Gasteiger partial charge on any atom is 0.325 e. The van der Waals surface area contributed by atoms with Gasteiger partial charge in [-0.25, -0.2) is 4.90 Å². The molecule has 0 radical (unpaired) electrons. The zero-order chi connectivity index (χ0) is 26.5. The van der Waals surface area contributed by atoms with Gasteiger partial charge in [0, 0.05) is 22.5 Å². The Bertz CT molecular complexity index is 1410. The van der Waals surface area contributed by atoms with Gasteiger partial charge in [0.2, 0.25) is 11.8 Å². The Labute approximate surface area is 222 Å². The minimum Gasteiger partial charge on any atom is -0.508 e. The Kier molecular flexibility index (Phi) is 6.29. The number of phenolic OH excluding ortho intramolecular Hbond substituents is 1. The van der Waals surface area contributed by atoms with E-state index in [-0.39, 0.29) is 12.2 Å². The lowest BCUT2D eigenvalue weighted by Crippen LogP contribution is -2.57. The summed E-state index contributed by atoms with van der Waals surface area (Å²) >= 11 is 3.46. The number of imide groups is 1. The Hall–Kier alpha value is -3.69. The van der Waals surface area contributed by atoms with Crippen LogP contribution in [0, 0.1) is 18.8 Å². The summed E-state index contributed by atoms with van der Waals surface area (Å²) in [4.78, 5) is 42.2. The van der Waals surface area contributed by atoms with Gasteiger partial charge in [-0.15, -0.1) is 0 Å². The maximum atomic E-state index is 14.0. The minimum absolute atomic E-state index is 0.0416. The van der Waals surface area contributed by atoms with Crippen LogP contribution >= 0.6 is 15.9 Å². The molecule has 2 amide bonds. The molecule has 2 aliphatic heterocycles. The molecule has 8 nitrogen and oxygen atoms in total. The van der Waals surface area contributed by atoms with Crippen LogP contribution in [-0.4, -0.2) is 40.6 Å². The number of carbonyl (C=O) groups is 3. The van der Waals surface area contributed by atoms with Crippen LogP contribution in [0.1, 0.15) is 22.7 Å². The van der Waals surface area contributed by atoms with Crippen molar-refractivity contribution in [1.29, 1.82) is 0 Å². The van der Waals surface area contributed by atoms with Gasteiger partial charge in [0.1, 0.15) is 17.0 Å². The number of aromatic hydroxyl groups is 1. The molecule has 2 fully saturated rings. The van der Waals surface area contributed by atoms with Gasteiger partial charge < -0.3 is 14.9 Å². The number of fused-ring (bicyclic) bond motifs is 1. The molecule has 0 saturated carbocycles. The molecule has 190 valence electrons. The van der Waals surface area contributed by atoms with Crippen molar-refractivity contribution in [3.63, 3.8) is 0 Å². The van der Waals surface area contributed by atoms with E-state index in [0.717, 1.165) is 14.9 Å². The van der Waals surface area contributed by atoms with Crippen molar-refractivity contribution in [2.24, 2.45) is 11.8 Å². The van der Waals surface area contributed by atoms with E-state index < -0.39 is 41.2 Å². The van der Waals surface area contributed by atoms with Gasteiger partial charge in [-0.2, -0.15) is 0 Å². The fourth-order valence-electron chi connectivity index (χ4n) is 5.64. The monoisotopic (exact) mass is 564 g/mol. The number of hydrogen-bond donors (Lipinski definition) is 3. The number of anilines is 1. The first-order valence-electron chi connectivity index (χ1n) is 11.7. The highest BCUT2D eigenvalue weighted by atomic mass is 79.9. The highest BCUT2D eigenvalue weighted by molar-refractivity contribution is 9.10. The first kappa shape index (κ1) is 25.0. The molecule has 2 saturated heterocycles. The number of nitrogens with zero attached hydrogens (tertiary/aromatic N) is 1. The number of carboxylic acids is 1. The smallest absolute Gasteiger partial charge is 0.325 e. The molecular weight excluding hydrogens is 540 g/mol. The van der Waals surface area contributed by atoms with Gasteiger partial charge in [-0.05, 0) is 54.4 Å². The van der Waals surface area contributed by atoms with Crippen LogP contribution in [0.15, 0.2) is 71.2 Å². The minimum atomic E-state index is -1.79. The third-order valence-electron chi connectivity index (χ3n) is 7.34. The number of phenols is 1. The number of para-hydroxylation sites is 1. The van der Waals surface area contributed by atoms with Crippen molar-refractivity contribution in [1.82, 2.24) is 5.32 Å². The molecular formula is C28H25BrN2O6. The largest absolute Gasteiger partial charge is 0.508 e. The average Bonchev–Trinajstić information content (AvgIpc) is 3.35. The molecule has 4 atom stereocenters. The van der Waals surface area contributed by atoms with Crippen LogP contribution in [0.3, 0.4) is 0 Å². The number of rotatable bonds is 6. The number of ether oxygens (including phenoxy) is 1. The third-order valence-corrected chi connectivity index (χ3v) is 7.83. The topological polar surface area (TPSA) is 116 Å². The fraction of sp³-hybridized carbons (Fsp3) is 0.250. The van der Waals surface area contributed by atoms with Crippen LogP contribution in [0.2, 0.25) is 0 Å². The van der Waals surface area contributed by atoms with E-state index in [1.54, 1.807) is 55.5 Å². The van der Waals surface area contributed by atoms with E-state index in [1.807, 2.05) is 6.07 Å². The van der Waals surface area contributed by atoms with E-state index in [4.69, 9.17) is 4.74 Å². The summed E-state index contributed by atoms with van der Waals surface area (Å²) in [6, 6.07) is 17.7. The predicted octanol–water partition coefficient (Wildman–Crippen LogP) is 3.99. The first-order chi connectivity index (χ1) is 17.7. The second-order valence-electron chi connectivity index (χ2n) is 9.43. The molecule has 0 aliphatic carbocycles. The van der Waals surface area contributed by atoms with Gasteiger partial charge in [-0.3, -0.25) is 19.7 Å². The van der Waals surface area contributed by atoms with Crippen molar-refractivity contribution in [2.75, 3.05) is 12.0 Å². The van der Waals surface area contributed by atoms with Crippen molar-refractivity contribution in [3.05, 3.63) is 87.9 Å². The number of hydrogen-bond acceptors (Lipinski definition) is 6. The summed E-state index contributed by atoms with van der Waals surface area (Å²) in [5, 5.41) is 23.6. The molecule has 2 aliphatic rings. The molecule has 5 rings (SSSR count). The lowest BCUT2D eigenvalue weighted by molar-refractivity contribution is -0.148. The van der Waals surface area contributed by atoms with E-state index in [1.165, 1.54) is 19.2 Å². The van der Waals surface area contributed by atoms with E-state index in [2.05, 4.69) is 21.2 Å². The molecule has 0 spiro atoms. The maximum absolute atomic E-state index is 14.0. The Morgan fingerprint density at radius 1 is 1.08 bits per heavy atom. The summed E-state index contributed by atoms with van der Waals surface area (Å²) in [5.41, 5.74) is 0.560. The van der Waals surface area contributed by atoms with Crippen LogP contribution in [0.25, 0.3) is 0 Å². The standard InChI is InChI=1S/C28H25BrN2O6/c1-15-5-3-4-6-20(15)31-25(33)22-23(26(31)34)28(27(35)36,14-16-7-10-18(32)11-8-16)30-24(22)19-13-17(29)9-12-21(19)37-2/h3-13,22-24,30,32H,14H2,1-2H3,(H,35,36). The molecule has 37 heavy (non-hydrogen) atoms. The van der Waals surface area contributed by atoms with E-state index in [9.17, 15) is 24.6 Å². The third kappa shape index (κ3) is 3.98. The molecule has 2 heterocycles. The van der Waals surface area contributed by atoms with Gasteiger partial charge in [0.15, 0.2) is 0 Å². The molecule has 3 N–H and O–H groups in total. The number of aliphatic carboxylic acids is 1. The number of aryl methyl sites for hydroxylation is 1. The number of methoxy groups -OCH3 is 1. The summed E-state index contributed by atoms with van der Waals surface area (Å²) in [6.45, 7) is 1.80. The highest BCUT2D eigenvalue weighted by Gasteiger charge is 2.69. The second-order valence-corrected chi connectivity index (χ2v) is 10.3. The van der Waals surface area contributed by atoms with Crippen LogP contribution in [-0.2, 0) is 20.8 Å². The van der Waals surface area contributed by atoms with Crippen LogP contribution in [0.5, 0.6) is 11.5 Å². The molecule has 0 bridgehead atoms. The summed E-state index contributed by atoms with van der Waals surface area (Å²) in [6.07, 6.45) is -0.0722. The number of benzene rings is 3. The molecule has 0 aromatic heterocycles. The Morgan fingerprint density at radius 2 is 1.78 bits per heavy atom. The summed E-state index contributed by atoms with van der Waals surface area (Å²) in [5.74, 6) is -3.91. The van der Waals surface area contributed by atoms with Gasteiger partial charge in [0.05, 0.1) is 24.6 Å². The van der Waals surface area contributed by atoms with Gasteiger partial charge in [-0.1, -0.05) is 46.3 Å². The van der Waals surface area contributed by atoms with Crippen molar-refractivity contribution >= 4 is 39.4 Å². The fourth-order valence-corrected chi connectivity index (χ4v) is 6.02. The molecule has 4 unspecified atom stereocenters. The zero-order valence-electron chi connectivity index (χ0n) is 20.1. The highest BCUT2D eigenvalue weighted by Crippen LogP contribution is 2.52. The first-order valence-corrected chi connectivity index (χ1v) is 12.5. The molecule has 3 aromatic carbocycles. The van der Waals surface area contributed by atoms with E-state index >= 15 is 0 Å². The lowest BCUT2D eigenvalue weighted by Gasteiger charge is -2.32. The number of nitrogens with one attached hydrogen (secondary N) is 1. The number of amides is 2. The van der Waals surface area contributed by atoms with Crippen LogP contribution < -0.4 is 15.0 Å². The number of carbonyl (C=O) groups excluding carboxylic acids is 2. The summed E-state index contributed by atoms with van der Waals surface area (Å²) < 4.78 is 6.29. The van der Waals surface area contributed by atoms with Crippen molar-refractivity contribution < 1.29 is 29.3 Å². The van der Waals surface area contributed by atoms with Crippen LogP contribution in [0.4, 0.5) is 5.69 Å². The number of halogens is 1.